The van der Waals surface area contributed by atoms with Crippen molar-refractivity contribution in [2.24, 2.45) is 23.3 Å². The number of rotatable bonds is 13. The fourth-order valence-corrected chi connectivity index (χ4v) is 7.14. The van der Waals surface area contributed by atoms with Gasteiger partial charge in [0.25, 0.3) is 5.91 Å². The lowest BCUT2D eigenvalue weighted by atomic mass is 9.86. The van der Waals surface area contributed by atoms with Gasteiger partial charge in [-0.05, 0) is 75.1 Å². The minimum atomic E-state index is -4.90. The van der Waals surface area contributed by atoms with Gasteiger partial charge in [-0.2, -0.15) is 0 Å². The summed E-state index contributed by atoms with van der Waals surface area (Å²) in [5.41, 5.74) is 9.24. The third-order valence-corrected chi connectivity index (χ3v) is 10.3. The number of phosphoric ester groups is 1. The molecule has 2 aliphatic rings. The van der Waals surface area contributed by atoms with Crippen molar-refractivity contribution in [1.29, 1.82) is 0 Å². The van der Waals surface area contributed by atoms with Gasteiger partial charge >= 0.3 is 7.82 Å². The third-order valence-electron chi connectivity index (χ3n) is 9.89. The minimum absolute atomic E-state index is 0.0974. The number of carbonyl (C=O) groups is 8. The molecule has 316 valence electrons. The number of Topliss-reactive ketones (excluding diaryl/α,β-unsaturated/α-hetero) is 1. The van der Waals surface area contributed by atoms with E-state index in [1.54, 1.807) is 27.7 Å². The first kappa shape index (κ1) is 46.5. The van der Waals surface area contributed by atoms with E-state index in [1.165, 1.54) is 29.2 Å². The molecule has 0 spiro atoms. The Morgan fingerprint density at radius 3 is 2.02 bits per heavy atom. The van der Waals surface area contributed by atoms with Crippen LogP contribution in [0.5, 0.6) is 5.75 Å². The molecule has 0 radical (unpaired) electrons. The summed E-state index contributed by atoms with van der Waals surface area (Å²) >= 11 is 0. The standard InChI is InChI=1S/C36H55N8O12P/c1-19(2)28-33(50)39-25(18-27(38)46)31(48)42-29(20(3)4)34(51)44-16-8-9-26(44)32(49)43-36(21(5)45,14-6-7-15-37)35(52)40-24(30(47)41-28)17-22-10-12-23(13-11-22)56-57(53,54)55/h10-13,19-20,24-26,28-29H,6-9,14-18,37H2,1-5H3,(H2,38,46)(H,39,50)(H,40,52)(H,41,47)(H,42,48)(H,43,49)(H2,53,54,55)/t24-,25-,26-,28-,29-,36-/m0/s1. The average molecular weight is 823 g/mol. The molecule has 57 heavy (non-hydrogen) atoms. The van der Waals surface area contributed by atoms with Gasteiger partial charge in [-0.1, -0.05) is 39.8 Å². The average Bonchev–Trinajstić information content (AvgIpc) is 3.61. The van der Waals surface area contributed by atoms with Gasteiger partial charge < -0.3 is 47.5 Å². The smallest absolute Gasteiger partial charge is 0.404 e. The molecule has 1 aromatic rings. The fraction of sp³-hybridized carbons (Fsp3) is 0.611. The fourth-order valence-electron chi connectivity index (χ4n) is 6.74. The van der Waals surface area contributed by atoms with Crippen LogP contribution in [-0.2, 0) is 49.3 Å². The van der Waals surface area contributed by atoms with Crippen LogP contribution in [0.15, 0.2) is 24.3 Å². The van der Waals surface area contributed by atoms with Gasteiger partial charge in [0, 0.05) is 13.0 Å². The molecule has 2 heterocycles. The highest BCUT2D eigenvalue weighted by Crippen LogP contribution is 2.37. The summed E-state index contributed by atoms with van der Waals surface area (Å²) in [5.74, 6) is -8.40. The van der Waals surface area contributed by atoms with E-state index in [1.807, 2.05) is 0 Å². The molecule has 0 aromatic heterocycles. The number of nitrogens with zero attached hydrogens (tertiary/aromatic N) is 1. The number of nitrogens with one attached hydrogen (secondary N) is 5. The van der Waals surface area contributed by atoms with Crippen LogP contribution in [-0.4, -0.2) is 111 Å². The highest BCUT2D eigenvalue weighted by atomic mass is 31.2. The van der Waals surface area contributed by atoms with Crippen molar-refractivity contribution in [3.8, 4) is 5.75 Å². The van der Waals surface area contributed by atoms with Crippen molar-refractivity contribution in [2.75, 3.05) is 13.1 Å². The molecule has 0 saturated carbocycles. The Labute approximate surface area is 330 Å². The first-order valence-corrected chi connectivity index (χ1v) is 20.3. The molecule has 0 bridgehead atoms. The second-order valence-electron chi connectivity index (χ2n) is 15.0. The molecular weight excluding hydrogens is 767 g/mol. The zero-order valence-electron chi connectivity index (χ0n) is 32.7. The molecule has 21 heteroatoms. The zero-order chi connectivity index (χ0) is 42.8. The highest BCUT2D eigenvalue weighted by Gasteiger charge is 2.49. The van der Waals surface area contributed by atoms with E-state index in [0.29, 0.717) is 18.4 Å². The number of unbranched alkanes of at least 4 members (excludes halogenated alkanes) is 1. The van der Waals surface area contributed by atoms with Crippen molar-refractivity contribution in [2.45, 2.75) is 115 Å². The Morgan fingerprint density at radius 1 is 0.877 bits per heavy atom. The van der Waals surface area contributed by atoms with E-state index >= 15 is 0 Å². The lowest BCUT2D eigenvalue weighted by Crippen LogP contribution is -2.68. The summed E-state index contributed by atoms with van der Waals surface area (Å²) in [5, 5.41) is 12.9. The number of phosphoric acid groups is 1. The van der Waals surface area contributed by atoms with Gasteiger partial charge in [-0.25, -0.2) is 4.57 Å². The van der Waals surface area contributed by atoms with Crippen molar-refractivity contribution in [1.82, 2.24) is 31.5 Å². The molecule has 0 unspecified atom stereocenters. The van der Waals surface area contributed by atoms with Crippen LogP contribution in [0.2, 0.25) is 0 Å². The number of hydrogen-bond acceptors (Lipinski definition) is 11. The molecule has 20 nitrogen and oxygen atoms in total. The van der Waals surface area contributed by atoms with Gasteiger partial charge in [-0.3, -0.25) is 48.1 Å². The monoisotopic (exact) mass is 822 g/mol. The van der Waals surface area contributed by atoms with E-state index in [4.69, 9.17) is 11.5 Å². The Hall–Kier alpha value is -4.91. The molecule has 11 N–H and O–H groups in total. The second kappa shape index (κ2) is 20.0. The molecule has 0 aliphatic carbocycles. The Kier molecular flexibility index (Phi) is 16.3. The van der Waals surface area contributed by atoms with E-state index in [9.17, 15) is 52.7 Å². The molecule has 2 saturated heterocycles. The summed E-state index contributed by atoms with van der Waals surface area (Å²) in [7, 11) is -4.90. The summed E-state index contributed by atoms with van der Waals surface area (Å²) in [6, 6.07) is -1.74. The minimum Gasteiger partial charge on any atom is -0.404 e. The van der Waals surface area contributed by atoms with Crippen LogP contribution >= 0.6 is 7.82 Å². The van der Waals surface area contributed by atoms with Crippen molar-refractivity contribution >= 4 is 55.0 Å². The third kappa shape index (κ3) is 12.5. The summed E-state index contributed by atoms with van der Waals surface area (Å²) < 4.78 is 15.9. The molecule has 7 amide bonds. The predicted octanol–water partition coefficient (Wildman–Crippen LogP) is -1.60. The van der Waals surface area contributed by atoms with Crippen molar-refractivity contribution in [3.05, 3.63) is 29.8 Å². The van der Waals surface area contributed by atoms with Gasteiger partial charge in [0.2, 0.25) is 35.4 Å². The number of ketones is 1. The highest BCUT2D eigenvalue weighted by molar-refractivity contribution is 7.46. The molecular formula is C36H55N8O12P. The van der Waals surface area contributed by atoms with Crippen LogP contribution in [0.4, 0.5) is 0 Å². The number of nitrogens with two attached hydrogens (primary N) is 2. The first-order valence-electron chi connectivity index (χ1n) is 18.8. The maximum atomic E-state index is 14.5. The maximum Gasteiger partial charge on any atom is 0.524 e. The topological polar surface area (TPSA) is 319 Å². The van der Waals surface area contributed by atoms with Gasteiger partial charge in [0.1, 0.15) is 36.0 Å². The van der Waals surface area contributed by atoms with Gasteiger partial charge in [-0.15, -0.1) is 0 Å². The Morgan fingerprint density at radius 2 is 1.47 bits per heavy atom. The predicted molar refractivity (Wildman–Crippen MR) is 203 cm³/mol. The van der Waals surface area contributed by atoms with Crippen molar-refractivity contribution < 1.29 is 57.2 Å². The summed E-state index contributed by atoms with van der Waals surface area (Å²) in [6.45, 7) is 7.86. The largest absolute Gasteiger partial charge is 0.524 e. The van der Waals surface area contributed by atoms with E-state index < -0.39 is 109 Å². The number of fused-ring (bicyclic) bond motifs is 1. The molecule has 2 aliphatic heterocycles. The van der Waals surface area contributed by atoms with E-state index in [0.717, 1.165) is 6.92 Å². The van der Waals surface area contributed by atoms with Crippen LogP contribution in [0, 0.1) is 11.8 Å². The lowest BCUT2D eigenvalue weighted by molar-refractivity contribution is -0.147. The lowest BCUT2D eigenvalue weighted by Gasteiger charge is -2.36. The van der Waals surface area contributed by atoms with Crippen LogP contribution in [0.1, 0.15) is 78.7 Å². The molecule has 3 rings (SSSR count). The number of carbonyl (C=O) groups excluding carboxylic acids is 8. The number of hydrogen-bond donors (Lipinski definition) is 9. The quantitative estimate of drug-likeness (QED) is 0.0616. The Bertz CT molecular complexity index is 1740. The molecule has 2 fully saturated rings. The maximum absolute atomic E-state index is 14.5. The van der Waals surface area contributed by atoms with Gasteiger partial charge in [0.05, 0.1) is 6.42 Å². The second-order valence-corrected chi connectivity index (χ2v) is 16.2. The van der Waals surface area contributed by atoms with Crippen LogP contribution < -0.4 is 42.6 Å². The van der Waals surface area contributed by atoms with Crippen LogP contribution in [0.3, 0.4) is 0 Å². The van der Waals surface area contributed by atoms with Crippen molar-refractivity contribution in [3.63, 3.8) is 0 Å². The summed E-state index contributed by atoms with van der Waals surface area (Å²) in [4.78, 5) is 130. The molecule has 6 atom stereocenters. The zero-order valence-corrected chi connectivity index (χ0v) is 33.6. The van der Waals surface area contributed by atoms with Gasteiger partial charge in [0.15, 0.2) is 11.3 Å². The number of amides is 7. The van der Waals surface area contributed by atoms with E-state index in [-0.39, 0.29) is 44.5 Å². The Balaban J connectivity index is 2.21. The number of benzene rings is 1. The number of primary amides is 1. The molecule has 1 aromatic carbocycles. The SMILES string of the molecule is CC(=O)[C@]1(CCCCN)NC(=O)[C@@H]2CCCN2C(=O)[C@H](C(C)C)NC(=O)[C@H](CC(N)=O)NC(=O)[C@H](C(C)C)NC(=O)[C@H](Cc2ccc(OP(=O)(O)O)cc2)NC1=O. The normalized spacial score (nSPS) is 25.7. The first-order chi connectivity index (χ1) is 26.6. The van der Waals surface area contributed by atoms with Crippen LogP contribution in [0.25, 0.3) is 0 Å². The summed E-state index contributed by atoms with van der Waals surface area (Å²) in [6.07, 6.45) is -0.135. The van der Waals surface area contributed by atoms with E-state index in [2.05, 4.69) is 31.1 Å².